The van der Waals surface area contributed by atoms with Crippen LogP contribution >= 0.6 is 0 Å². The Hall–Kier alpha value is -1.62. The van der Waals surface area contributed by atoms with Crippen molar-refractivity contribution >= 4 is 33.1 Å². The number of anilines is 2. The second-order valence-corrected chi connectivity index (χ2v) is 5.87. The van der Waals surface area contributed by atoms with Crippen molar-refractivity contribution in [1.29, 1.82) is 0 Å². The van der Waals surface area contributed by atoms with E-state index < -0.39 is 10.8 Å². The largest absolute Gasteiger partial charge is 0.397 e. The Morgan fingerprint density at radius 1 is 1.44 bits per heavy atom. The molecule has 2 unspecified atom stereocenters. The number of fused-ring (bicyclic) bond motifs is 1. The van der Waals surface area contributed by atoms with Crippen LogP contribution in [-0.4, -0.2) is 27.2 Å². The highest BCUT2D eigenvalue weighted by molar-refractivity contribution is 7.84. The maximum absolute atomic E-state index is 11.2. The zero-order valence-corrected chi connectivity index (χ0v) is 11.3. The number of hydrogen-bond donors (Lipinski definition) is 2. The summed E-state index contributed by atoms with van der Waals surface area (Å²) in [6.45, 7) is 2.01. The van der Waals surface area contributed by atoms with Crippen molar-refractivity contribution in [2.75, 3.05) is 23.1 Å². The number of pyridine rings is 1. The fourth-order valence-electron chi connectivity index (χ4n) is 1.98. The first kappa shape index (κ1) is 12.8. The molecule has 1 aromatic carbocycles. The van der Waals surface area contributed by atoms with Crippen LogP contribution in [0.5, 0.6) is 0 Å². The maximum Gasteiger partial charge on any atom is 0.0951 e. The Balaban J connectivity index is 2.34. The Morgan fingerprint density at radius 3 is 2.94 bits per heavy atom. The van der Waals surface area contributed by atoms with Gasteiger partial charge in [0.25, 0.3) is 0 Å². The molecule has 1 heterocycles. The quantitative estimate of drug-likeness (QED) is 0.828. The lowest BCUT2D eigenvalue weighted by molar-refractivity contribution is 0.683. The first-order valence-electron chi connectivity index (χ1n) is 5.77. The summed E-state index contributed by atoms with van der Waals surface area (Å²) in [5.74, 6) is 0.617. The van der Waals surface area contributed by atoms with Gasteiger partial charge in [-0.3, -0.25) is 9.19 Å². The molecule has 2 rings (SSSR count). The second-order valence-electron chi connectivity index (χ2n) is 4.39. The Labute approximate surface area is 109 Å². The molecule has 3 N–H and O–H groups in total. The van der Waals surface area contributed by atoms with E-state index in [4.69, 9.17) is 5.73 Å². The summed E-state index contributed by atoms with van der Waals surface area (Å²) < 4.78 is 11.2. The first-order valence-corrected chi connectivity index (χ1v) is 7.50. The lowest BCUT2D eigenvalue weighted by Gasteiger charge is -2.15. The van der Waals surface area contributed by atoms with Crippen LogP contribution in [0.4, 0.5) is 11.4 Å². The molecule has 4 nitrogen and oxygen atoms in total. The number of nitrogens with one attached hydrogen (secondary N) is 1. The number of aromatic nitrogens is 1. The molecular weight excluding hydrogens is 246 g/mol. The molecule has 0 aliphatic rings. The molecule has 2 atom stereocenters. The maximum atomic E-state index is 11.2. The highest BCUT2D eigenvalue weighted by atomic mass is 32.2. The molecule has 5 heteroatoms. The molecule has 96 valence electrons. The van der Waals surface area contributed by atoms with Crippen LogP contribution in [0.1, 0.15) is 6.92 Å². The fraction of sp³-hybridized carbons (Fsp3) is 0.308. The monoisotopic (exact) mass is 263 g/mol. The smallest absolute Gasteiger partial charge is 0.0951 e. The van der Waals surface area contributed by atoms with Crippen molar-refractivity contribution in [3.8, 4) is 0 Å². The van der Waals surface area contributed by atoms with Crippen LogP contribution in [0.3, 0.4) is 0 Å². The normalized spacial score (nSPS) is 14.3. The fourth-order valence-corrected chi connectivity index (χ4v) is 2.77. The van der Waals surface area contributed by atoms with Gasteiger partial charge in [0.15, 0.2) is 0 Å². The van der Waals surface area contributed by atoms with Crippen molar-refractivity contribution < 1.29 is 4.21 Å². The van der Waals surface area contributed by atoms with Crippen LogP contribution in [0, 0.1) is 0 Å². The lowest BCUT2D eigenvalue weighted by Crippen LogP contribution is -2.22. The lowest BCUT2D eigenvalue weighted by atomic mass is 10.1. The van der Waals surface area contributed by atoms with E-state index in [0.29, 0.717) is 11.4 Å². The van der Waals surface area contributed by atoms with E-state index in [9.17, 15) is 4.21 Å². The predicted molar refractivity (Wildman–Crippen MR) is 78.2 cm³/mol. The zero-order valence-electron chi connectivity index (χ0n) is 10.5. The van der Waals surface area contributed by atoms with Gasteiger partial charge < -0.3 is 11.1 Å². The van der Waals surface area contributed by atoms with Gasteiger partial charge in [0.1, 0.15) is 0 Å². The highest BCUT2D eigenvalue weighted by Gasteiger charge is 2.08. The van der Waals surface area contributed by atoms with Gasteiger partial charge in [-0.05, 0) is 19.1 Å². The van der Waals surface area contributed by atoms with Crippen LogP contribution < -0.4 is 11.1 Å². The van der Waals surface area contributed by atoms with Crippen molar-refractivity contribution in [2.24, 2.45) is 0 Å². The second kappa shape index (κ2) is 5.35. The summed E-state index contributed by atoms with van der Waals surface area (Å²) in [7, 11) is -0.810. The Bertz CT molecular complexity index is 585. The van der Waals surface area contributed by atoms with E-state index in [1.807, 2.05) is 31.2 Å². The van der Waals surface area contributed by atoms with Gasteiger partial charge in [-0.2, -0.15) is 0 Å². The molecule has 0 amide bonds. The third kappa shape index (κ3) is 2.79. The SMILES string of the molecule is CC(CS(C)=O)Nc1ccnc2c(N)cccc12. The van der Waals surface area contributed by atoms with Crippen LogP contribution in [-0.2, 0) is 10.8 Å². The van der Waals surface area contributed by atoms with Gasteiger partial charge in [-0.15, -0.1) is 0 Å². The molecule has 0 bridgehead atoms. The molecule has 0 saturated heterocycles. The molecule has 0 spiro atoms. The molecule has 0 saturated carbocycles. The minimum Gasteiger partial charge on any atom is -0.397 e. The topological polar surface area (TPSA) is 68.0 Å². The van der Waals surface area contributed by atoms with Crippen molar-refractivity contribution in [2.45, 2.75) is 13.0 Å². The van der Waals surface area contributed by atoms with Crippen LogP contribution in [0.2, 0.25) is 0 Å². The minimum absolute atomic E-state index is 0.142. The molecule has 2 aromatic rings. The average molecular weight is 263 g/mol. The predicted octanol–water partition coefficient (Wildman–Crippen LogP) is 2.00. The Morgan fingerprint density at radius 2 is 2.22 bits per heavy atom. The van der Waals surface area contributed by atoms with E-state index in [2.05, 4.69) is 10.3 Å². The van der Waals surface area contributed by atoms with E-state index >= 15 is 0 Å². The number of para-hydroxylation sites is 1. The van der Waals surface area contributed by atoms with Gasteiger partial charge >= 0.3 is 0 Å². The zero-order chi connectivity index (χ0) is 13.1. The van der Waals surface area contributed by atoms with Crippen LogP contribution in [0.15, 0.2) is 30.5 Å². The molecule has 1 aromatic heterocycles. The van der Waals surface area contributed by atoms with E-state index in [-0.39, 0.29) is 6.04 Å². The third-order valence-corrected chi connectivity index (χ3v) is 3.66. The highest BCUT2D eigenvalue weighted by Crippen LogP contribution is 2.25. The minimum atomic E-state index is -0.810. The molecule has 18 heavy (non-hydrogen) atoms. The summed E-state index contributed by atoms with van der Waals surface area (Å²) in [5, 5.41) is 4.35. The summed E-state index contributed by atoms with van der Waals surface area (Å²) in [6.07, 6.45) is 3.44. The Kier molecular flexibility index (Phi) is 3.81. The number of nitrogens with zero attached hydrogens (tertiary/aromatic N) is 1. The number of benzene rings is 1. The van der Waals surface area contributed by atoms with Gasteiger partial charge in [-0.1, -0.05) is 12.1 Å². The third-order valence-electron chi connectivity index (χ3n) is 2.69. The van der Waals surface area contributed by atoms with Crippen molar-refractivity contribution in [3.63, 3.8) is 0 Å². The van der Waals surface area contributed by atoms with Gasteiger partial charge in [0.2, 0.25) is 0 Å². The van der Waals surface area contributed by atoms with Crippen LogP contribution in [0.25, 0.3) is 10.9 Å². The van der Waals surface area contributed by atoms with E-state index in [1.165, 1.54) is 0 Å². The van der Waals surface area contributed by atoms with E-state index in [1.54, 1.807) is 12.5 Å². The van der Waals surface area contributed by atoms with Crippen molar-refractivity contribution in [3.05, 3.63) is 30.5 Å². The number of hydrogen-bond acceptors (Lipinski definition) is 4. The van der Waals surface area contributed by atoms with Gasteiger partial charge in [-0.25, -0.2) is 0 Å². The summed E-state index contributed by atoms with van der Waals surface area (Å²) >= 11 is 0. The summed E-state index contributed by atoms with van der Waals surface area (Å²) in [6, 6.07) is 7.78. The summed E-state index contributed by atoms with van der Waals surface area (Å²) in [4.78, 5) is 4.28. The van der Waals surface area contributed by atoms with Gasteiger partial charge in [0.05, 0.1) is 11.2 Å². The molecular formula is C13H17N3OS. The molecule has 0 aliphatic carbocycles. The molecule has 0 aliphatic heterocycles. The van der Waals surface area contributed by atoms with E-state index in [0.717, 1.165) is 16.6 Å². The van der Waals surface area contributed by atoms with Crippen molar-refractivity contribution in [1.82, 2.24) is 4.98 Å². The molecule has 0 fully saturated rings. The molecule has 0 radical (unpaired) electrons. The summed E-state index contributed by atoms with van der Waals surface area (Å²) in [5.41, 5.74) is 8.34. The standard InChI is InChI=1S/C13H17N3OS/c1-9(8-18(2)17)16-12-6-7-15-13-10(12)4-3-5-11(13)14/h3-7,9H,8,14H2,1-2H3,(H,15,16). The first-order chi connectivity index (χ1) is 8.58. The average Bonchev–Trinajstić information content (AvgIpc) is 2.29. The van der Waals surface area contributed by atoms with Gasteiger partial charge in [0, 0.05) is 46.1 Å². The number of nitrogens with two attached hydrogens (primary N) is 1. The number of nitrogen functional groups attached to an aromatic ring is 1. The number of rotatable bonds is 4.